The van der Waals surface area contributed by atoms with Gasteiger partial charge in [-0.3, -0.25) is 4.79 Å². The maximum atomic E-state index is 11.6. The standard InChI is InChI=1S/C11H19N3O3/c1-17-5-4-12-11(16)13-8-6-10(15)14(7-8)9-2-3-9/h8-9H,2-7H2,1H3,(H2,12,13,16). The lowest BCUT2D eigenvalue weighted by molar-refractivity contribution is -0.128. The van der Waals surface area contributed by atoms with E-state index in [2.05, 4.69) is 10.6 Å². The second-order valence-corrected chi connectivity index (χ2v) is 4.57. The van der Waals surface area contributed by atoms with E-state index in [0.29, 0.717) is 32.2 Å². The highest BCUT2D eigenvalue weighted by atomic mass is 16.5. The van der Waals surface area contributed by atoms with Crippen LogP contribution in [-0.2, 0) is 9.53 Å². The highest BCUT2D eigenvalue weighted by Gasteiger charge is 2.39. The molecule has 1 heterocycles. The fourth-order valence-corrected chi connectivity index (χ4v) is 2.07. The second-order valence-electron chi connectivity index (χ2n) is 4.57. The molecule has 1 atom stereocenters. The number of carbonyl (C=O) groups is 2. The van der Waals surface area contributed by atoms with Crippen LogP contribution in [0.2, 0.25) is 0 Å². The van der Waals surface area contributed by atoms with E-state index < -0.39 is 0 Å². The highest BCUT2D eigenvalue weighted by molar-refractivity contribution is 5.82. The number of urea groups is 1. The van der Waals surface area contributed by atoms with Crippen LogP contribution in [0.5, 0.6) is 0 Å². The number of carbonyl (C=O) groups excluding carboxylic acids is 2. The lowest BCUT2D eigenvalue weighted by atomic mass is 10.3. The first-order valence-electron chi connectivity index (χ1n) is 6.03. The third-order valence-corrected chi connectivity index (χ3v) is 3.07. The highest BCUT2D eigenvalue weighted by Crippen LogP contribution is 2.30. The first kappa shape index (κ1) is 12.2. The lowest BCUT2D eigenvalue weighted by Crippen LogP contribution is -2.44. The van der Waals surface area contributed by atoms with E-state index in [1.165, 1.54) is 0 Å². The van der Waals surface area contributed by atoms with Gasteiger partial charge in [0.1, 0.15) is 0 Å². The van der Waals surface area contributed by atoms with E-state index in [1.54, 1.807) is 7.11 Å². The van der Waals surface area contributed by atoms with Crippen molar-refractivity contribution >= 4 is 11.9 Å². The predicted octanol–water partition coefficient (Wildman–Crippen LogP) is -0.305. The van der Waals surface area contributed by atoms with Crippen molar-refractivity contribution in [1.82, 2.24) is 15.5 Å². The SMILES string of the molecule is COCCNC(=O)NC1CC(=O)N(C2CC2)C1. The summed E-state index contributed by atoms with van der Waals surface area (Å²) >= 11 is 0. The lowest BCUT2D eigenvalue weighted by Gasteiger charge is -2.16. The molecule has 2 rings (SSSR count). The van der Waals surface area contributed by atoms with Crippen molar-refractivity contribution in [3.63, 3.8) is 0 Å². The van der Waals surface area contributed by atoms with E-state index in [0.717, 1.165) is 12.8 Å². The Morgan fingerprint density at radius 1 is 1.53 bits per heavy atom. The fourth-order valence-electron chi connectivity index (χ4n) is 2.07. The average Bonchev–Trinajstić information content (AvgIpc) is 3.05. The zero-order valence-electron chi connectivity index (χ0n) is 10.1. The summed E-state index contributed by atoms with van der Waals surface area (Å²) in [5.41, 5.74) is 0. The van der Waals surface area contributed by atoms with Crippen molar-refractivity contribution in [2.45, 2.75) is 31.3 Å². The first-order valence-corrected chi connectivity index (χ1v) is 6.03. The molecule has 0 spiro atoms. The normalized spacial score (nSPS) is 23.9. The number of hydrogen-bond acceptors (Lipinski definition) is 3. The maximum Gasteiger partial charge on any atom is 0.315 e. The van der Waals surface area contributed by atoms with Crippen molar-refractivity contribution in [2.24, 2.45) is 0 Å². The van der Waals surface area contributed by atoms with Gasteiger partial charge in [-0.25, -0.2) is 4.79 Å². The van der Waals surface area contributed by atoms with E-state index in [9.17, 15) is 9.59 Å². The third kappa shape index (κ3) is 3.33. The summed E-state index contributed by atoms with van der Waals surface area (Å²) in [6, 6.07) is 0.161. The van der Waals surface area contributed by atoms with E-state index in [4.69, 9.17) is 4.74 Å². The third-order valence-electron chi connectivity index (χ3n) is 3.07. The van der Waals surface area contributed by atoms with Gasteiger partial charge in [0.15, 0.2) is 0 Å². The Hall–Kier alpha value is -1.30. The molecular weight excluding hydrogens is 222 g/mol. The van der Waals surface area contributed by atoms with E-state index in [-0.39, 0.29) is 18.0 Å². The maximum absolute atomic E-state index is 11.6. The van der Waals surface area contributed by atoms with Gasteiger partial charge < -0.3 is 20.3 Å². The van der Waals surface area contributed by atoms with Crippen molar-refractivity contribution in [2.75, 3.05) is 26.8 Å². The molecule has 1 saturated heterocycles. The van der Waals surface area contributed by atoms with Gasteiger partial charge in [0.2, 0.25) is 5.91 Å². The van der Waals surface area contributed by atoms with Crippen LogP contribution >= 0.6 is 0 Å². The number of ether oxygens (including phenoxy) is 1. The molecule has 2 N–H and O–H groups in total. The van der Waals surface area contributed by atoms with Gasteiger partial charge in [0.25, 0.3) is 0 Å². The molecule has 6 nitrogen and oxygen atoms in total. The summed E-state index contributed by atoms with van der Waals surface area (Å²) in [6.45, 7) is 1.63. The summed E-state index contributed by atoms with van der Waals surface area (Å²) < 4.78 is 4.83. The molecular formula is C11H19N3O3. The van der Waals surface area contributed by atoms with Crippen molar-refractivity contribution in [3.05, 3.63) is 0 Å². The van der Waals surface area contributed by atoms with Gasteiger partial charge in [-0.05, 0) is 12.8 Å². The van der Waals surface area contributed by atoms with Crippen molar-refractivity contribution in [3.8, 4) is 0 Å². The molecule has 0 aromatic heterocycles. The molecule has 0 aromatic carbocycles. The fraction of sp³-hybridized carbons (Fsp3) is 0.818. The van der Waals surface area contributed by atoms with Crippen LogP contribution < -0.4 is 10.6 Å². The van der Waals surface area contributed by atoms with Gasteiger partial charge in [-0.1, -0.05) is 0 Å². The largest absolute Gasteiger partial charge is 0.383 e. The zero-order valence-corrected chi connectivity index (χ0v) is 10.1. The summed E-state index contributed by atoms with van der Waals surface area (Å²) in [4.78, 5) is 25.0. The number of methoxy groups -OCH3 is 1. The number of amides is 3. The minimum Gasteiger partial charge on any atom is -0.383 e. The second kappa shape index (κ2) is 5.35. The monoisotopic (exact) mass is 241 g/mol. The van der Waals surface area contributed by atoms with E-state index >= 15 is 0 Å². The van der Waals surface area contributed by atoms with Crippen LogP contribution in [0.25, 0.3) is 0 Å². The summed E-state index contributed by atoms with van der Waals surface area (Å²) in [7, 11) is 1.59. The topological polar surface area (TPSA) is 70.7 Å². The smallest absolute Gasteiger partial charge is 0.315 e. The van der Waals surface area contributed by atoms with Crippen LogP contribution in [0, 0.1) is 0 Å². The Labute approximate surface area is 101 Å². The van der Waals surface area contributed by atoms with Gasteiger partial charge in [-0.2, -0.15) is 0 Å². The number of rotatable bonds is 5. The zero-order chi connectivity index (χ0) is 12.3. The molecule has 1 aliphatic carbocycles. The van der Waals surface area contributed by atoms with Crippen LogP contribution in [0.1, 0.15) is 19.3 Å². The molecule has 2 fully saturated rings. The van der Waals surface area contributed by atoms with Crippen LogP contribution in [0.15, 0.2) is 0 Å². The average molecular weight is 241 g/mol. The van der Waals surface area contributed by atoms with Crippen LogP contribution in [0.4, 0.5) is 4.79 Å². The molecule has 0 aromatic rings. The number of hydrogen-bond donors (Lipinski definition) is 2. The number of likely N-dealkylation sites (tertiary alicyclic amines) is 1. The summed E-state index contributed by atoms with van der Waals surface area (Å²) in [5, 5.41) is 5.49. The minimum absolute atomic E-state index is 0.0503. The Kier molecular flexibility index (Phi) is 3.83. The summed E-state index contributed by atoms with van der Waals surface area (Å²) in [6.07, 6.45) is 2.64. The molecule has 1 saturated carbocycles. The Morgan fingerprint density at radius 2 is 2.29 bits per heavy atom. The number of nitrogens with one attached hydrogen (secondary N) is 2. The predicted molar refractivity (Wildman–Crippen MR) is 61.6 cm³/mol. The number of nitrogens with zero attached hydrogens (tertiary/aromatic N) is 1. The van der Waals surface area contributed by atoms with Gasteiger partial charge in [-0.15, -0.1) is 0 Å². The van der Waals surface area contributed by atoms with Crippen LogP contribution in [-0.4, -0.2) is 55.7 Å². The van der Waals surface area contributed by atoms with Gasteiger partial charge >= 0.3 is 6.03 Å². The molecule has 1 aliphatic heterocycles. The van der Waals surface area contributed by atoms with Crippen LogP contribution in [0.3, 0.4) is 0 Å². The molecule has 1 unspecified atom stereocenters. The van der Waals surface area contributed by atoms with Crippen molar-refractivity contribution < 1.29 is 14.3 Å². The molecule has 17 heavy (non-hydrogen) atoms. The molecule has 0 bridgehead atoms. The quantitative estimate of drug-likeness (QED) is 0.649. The first-order chi connectivity index (χ1) is 8.20. The molecule has 3 amide bonds. The molecule has 6 heteroatoms. The molecule has 96 valence electrons. The Balaban J connectivity index is 1.69. The van der Waals surface area contributed by atoms with Crippen molar-refractivity contribution in [1.29, 1.82) is 0 Å². The molecule has 0 radical (unpaired) electrons. The molecule has 2 aliphatic rings. The Bertz CT molecular complexity index is 304. The van der Waals surface area contributed by atoms with E-state index in [1.807, 2.05) is 4.90 Å². The van der Waals surface area contributed by atoms with Gasteiger partial charge in [0, 0.05) is 32.7 Å². The van der Waals surface area contributed by atoms with Gasteiger partial charge in [0.05, 0.1) is 12.6 Å². The minimum atomic E-state index is -0.225. The summed E-state index contributed by atoms with van der Waals surface area (Å²) in [5.74, 6) is 0.162. The Morgan fingerprint density at radius 3 is 2.94 bits per heavy atom.